The Kier molecular flexibility index (Phi) is 9.38. The van der Waals surface area contributed by atoms with Gasteiger partial charge in [0.2, 0.25) is 0 Å². The Morgan fingerprint density at radius 2 is 2.14 bits per heavy atom. The summed E-state index contributed by atoms with van der Waals surface area (Å²) in [6.07, 6.45) is 4.14. The van der Waals surface area contributed by atoms with Crippen LogP contribution in [0.25, 0.3) is 0 Å². The maximum atomic E-state index is 13.6. The molecule has 5 nitrogen and oxygen atoms in total. The number of nitrogens with zero attached hydrogens (tertiary/aromatic N) is 2. The number of halogens is 1. The van der Waals surface area contributed by atoms with E-state index < -0.39 is 10.8 Å². The second-order valence-corrected chi connectivity index (χ2v) is 9.56. The zero-order valence-electron chi connectivity index (χ0n) is 17.6. The van der Waals surface area contributed by atoms with E-state index in [4.69, 9.17) is 4.99 Å². The summed E-state index contributed by atoms with van der Waals surface area (Å²) in [5.74, 6) is 1.28. The minimum Gasteiger partial charge on any atom is -0.357 e. The molecule has 0 radical (unpaired) electrons. The first-order chi connectivity index (χ1) is 13.4. The minimum atomic E-state index is -0.740. The molecule has 2 N–H and O–H groups in total. The number of guanidine groups is 1. The quantitative estimate of drug-likeness (QED) is 0.511. The fraction of sp³-hybridized carbons (Fsp3) is 0.667. The van der Waals surface area contributed by atoms with Gasteiger partial charge >= 0.3 is 0 Å². The van der Waals surface area contributed by atoms with Crippen LogP contribution in [0.3, 0.4) is 0 Å². The maximum absolute atomic E-state index is 13.6. The van der Waals surface area contributed by atoms with E-state index in [1.807, 2.05) is 34.0 Å². The van der Waals surface area contributed by atoms with Gasteiger partial charge in [-0.2, -0.15) is 0 Å². The average Bonchev–Trinajstić information content (AvgIpc) is 2.67. The Bertz CT molecular complexity index is 668. The van der Waals surface area contributed by atoms with E-state index in [-0.39, 0.29) is 17.1 Å². The van der Waals surface area contributed by atoms with E-state index in [0.29, 0.717) is 12.6 Å². The van der Waals surface area contributed by atoms with Gasteiger partial charge in [-0.1, -0.05) is 25.5 Å². The predicted octanol–water partition coefficient (Wildman–Crippen LogP) is 3.06. The molecular weight excluding hydrogens is 375 g/mol. The summed E-state index contributed by atoms with van der Waals surface area (Å²) < 4.78 is 25.8. The third-order valence-corrected chi connectivity index (χ3v) is 6.99. The number of hydrogen-bond acceptors (Lipinski definition) is 3. The van der Waals surface area contributed by atoms with Crippen LogP contribution in [0.15, 0.2) is 29.3 Å². The highest BCUT2D eigenvalue weighted by atomic mass is 32.2. The third-order valence-electron chi connectivity index (χ3n) is 5.25. The van der Waals surface area contributed by atoms with E-state index in [2.05, 4.69) is 15.5 Å². The first kappa shape index (κ1) is 22.8. The summed E-state index contributed by atoms with van der Waals surface area (Å²) in [4.78, 5) is 6.84. The van der Waals surface area contributed by atoms with Gasteiger partial charge in [0, 0.05) is 34.4 Å². The van der Waals surface area contributed by atoms with Gasteiger partial charge in [0.25, 0.3) is 0 Å². The molecule has 1 fully saturated rings. The molecule has 28 heavy (non-hydrogen) atoms. The first-order valence-electron chi connectivity index (χ1n) is 10.3. The van der Waals surface area contributed by atoms with Gasteiger partial charge in [-0.15, -0.1) is 0 Å². The van der Waals surface area contributed by atoms with E-state index in [1.54, 1.807) is 12.1 Å². The number of nitrogens with one attached hydrogen (secondary N) is 2. The van der Waals surface area contributed by atoms with Gasteiger partial charge < -0.3 is 15.5 Å². The molecule has 0 aromatic heterocycles. The van der Waals surface area contributed by atoms with Gasteiger partial charge in [0.1, 0.15) is 5.82 Å². The summed E-state index contributed by atoms with van der Waals surface area (Å²) in [5, 5.41) is 7.13. The van der Waals surface area contributed by atoms with E-state index >= 15 is 0 Å². The van der Waals surface area contributed by atoms with Crippen LogP contribution in [0.5, 0.6) is 0 Å². The molecule has 158 valence electrons. The molecule has 0 bridgehead atoms. The summed E-state index contributed by atoms with van der Waals surface area (Å²) in [6.45, 7) is 5.34. The topological polar surface area (TPSA) is 56.7 Å². The normalized spacial score (nSPS) is 22.7. The van der Waals surface area contributed by atoms with Crippen molar-refractivity contribution < 1.29 is 8.60 Å². The van der Waals surface area contributed by atoms with E-state index in [0.717, 1.165) is 49.5 Å². The van der Waals surface area contributed by atoms with Crippen LogP contribution in [0.1, 0.15) is 51.1 Å². The van der Waals surface area contributed by atoms with Gasteiger partial charge in [-0.3, -0.25) is 9.20 Å². The first-order valence-corrected chi connectivity index (χ1v) is 11.7. The van der Waals surface area contributed by atoms with Crippen LogP contribution < -0.4 is 10.6 Å². The Morgan fingerprint density at radius 1 is 1.36 bits per heavy atom. The molecule has 0 amide bonds. The van der Waals surface area contributed by atoms with E-state index in [1.165, 1.54) is 6.07 Å². The molecule has 1 aliphatic carbocycles. The van der Waals surface area contributed by atoms with Crippen LogP contribution in [0.2, 0.25) is 0 Å². The van der Waals surface area contributed by atoms with Crippen molar-refractivity contribution >= 4 is 16.8 Å². The fourth-order valence-electron chi connectivity index (χ4n) is 3.72. The smallest absolute Gasteiger partial charge is 0.191 e. The summed E-state index contributed by atoms with van der Waals surface area (Å²) in [6, 6.07) is 7.01. The largest absolute Gasteiger partial charge is 0.357 e. The summed E-state index contributed by atoms with van der Waals surface area (Å²) >= 11 is 0. The van der Waals surface area contributed by atoms with Crippen molar-refractivity contribution in [2.45, 2.75) is 56.9 Å². The molecule has 1 saturated carbocycles. The average molecular weight is 411 g/mol. The highest BCUT2D eigenvalue weighted by Gasteiger charge is 2.26. The van der Waals surface area contributed by atoms with Gasteiger partial charge in [0.15, 0.2) is 5.96 Å². The highest BCUT2D eigenvalue weighted by molar-refractivity contribution is 7.85. The van der Waals surface area contributed by atoms with Crippen molar-refractivity contribution in [3.63, 3.8) is 0 Å². The van der Waals surface area contributed by atoms with Gasteiger partial charge in [-0.25, -0.2) is 4.39 Å². The van der Waals surface area contributed by atoms with Crippen LogP contribution in [0, 0.1) is 5.82 Å². The van der Waals surface area contributed by atoms with E-state index in [9.17, 15) is 8.60 Å². The molecule has 4 atom stereocenters. The number of benzene rings is 1. The number of likely N-dealkylation sites (N-methyl/N-ethyl adjacent to an activating group) is 1. The molecule has 0 spiro atoms. The molecule has 2 rings (SSSR count). The lowest BCUT2D eigenvalue weighted by molar-refractivity contribution is 0.305. The molecule has 0 saturated heterocycles. The van der Waals surface area contributed by atoms with Crippen molar-refractivity contribution in [2.24, 2.45) is 4.99 Å². The minimum absolute atomic E-state index is 0.00199. The summed E-state index contributed by atoms with van der Waals surface area (Å²) in [7, 11) is 3.23. The molecule has 1 aromatic rings. The van der Waals surface area contributed by atoms with Crippen molar-refractivity contribution in [1.82, 2.24) is 15.5 Å². The van der Waals surface area contributed by atoms with Crippen LogP contribution in [-0.4, -0.2) is 59.3 Å². The van der Waals surface area contributed by atoms with Gasteiger partial charge in [0.05, 0.1) is 12.6 Å². The van der Waals surface area contributed by atoms with Gasteiger partial charge in [-0.05, 0) is 58.0 Å². The number of rotatable bonds is 8. The molecule has 0 heterocycles. The fourth-order valence-corrected chi connectivity index (χ4v) is 5.07. The second-order valence-electron chi connectivity index (χ2n) is 7.55. The molecule has 0 aliphatic heterocycles. The lowest BCUT2D eigenvalue weighted by atomic mass is 9.95. The third kappa shape index (κ3) is 6.85. The van der Waals surface area contributed by atoms with Crippen LogP contribution >= 0.6 is 0 Å². The molecule has 1 aliphatic rings. The molecule has 7 heteroatoms. The Morgan fingerprint density at radius 3 is 2.79 bits per heavy atom. The van der Waals surface area contributed by atoms with Crippen molar-refractivity contribution in [2.75, 3.05) is 32.9 Å². The molecule has 4 unspecified atom stereocenters. The highest BCUT2D eigenvalue weighted by Crippen LogP contribution is 2.23. The standard InChI is InChI=1S/C21H35FN4OS/c1-5-23-21(25-18-11-8-12-19(14-18)28(27)6-2)24-15-20(26(3)4)16-9-7-10-17(22)13-16/h7,9-10,13,18-20H,5-6,8,11-12,14-15H2,1-4H3,(H2,23,24,25). The number of aliphatic imine (C=N–C) groups is 1. The Labute approximate surface area is 171 Å². The van der Waals surface area contributed by atoms with Crippen molar-refractivity contribution in [3.8, 4) is 0 Å². The Balaban J connectivity index is 2.06. The maximum Gasteiger partial charge on any atom is 0.191 e. The monoisotopic (exact) mass is 410 g/mol. The molecular formula is C21H35FN4OS. The zero-order chi connectivity index (χ0) is 20.5. The molecule has 1 aromatic carbocycles. The SMILES string of the molecule is CCNC(=NCC(c1cccc(F)c1)N(C)C)NC1CCCC(S(=O)CC)C1. The second kappa shape index (κ2) is 11.5. The van der Waals surface area contributed by atoms with Crippen molar-refractivity contribution in [3.05, 3.63) is 35.6 Å². The lowest BCUT2D eigenvalue weighted by Crippen LogP contribution is -2.47. The van der Waals surface area contributed by atoms with Crippen molar-refractivity contribution in [1.29, 1.82) is 0 Å². The zero-order valence-corrected chi connectivity index (χ0v) is 18.4. The summed E-state index contributed by atoms with van der Waals surface area (Å²) in [5.41, 5.74) is 0.917. The lowest BCUT2D eigenvalue weighted by Gasteiger charge is -2.30. The Hall–Kier alpha value is -1.47. The van der Waals surface area contributed by atoms with Crippen LogP contribution in [-0.2, 0) is 10.8 Å². The number of hydrogen-bond donors (Lipinski definition) is 2. The van der Waals surface area contributed by atoms with Crippen LogP contribution in [0.4, 0.5) is 4.39 Å². The predicted molar refractivity (Wildman–Crippen MR) is 117 cm³/mol.